The molecule has 0 bridgehead atoms. The van der Waals surface area contributed by atoms with Crippen molar-refractivity contribution >= 4 is 22.3 Å². The SMILES string of the molecule is N=c1oc2ccccc2cc1-c1nc(-c2ccc(-c3ccccc3)cc2)cs1. The fourth-order valence-electron chi connectivity index (χ4n) is 3.23. The van der Waals surface area contributed by atoms with E-state index in [1.807, 2.05) is 53.9 Å². The molecule has 0 fully saturated rings. The second kappa shape index (κ2) is 6.91. The number of para-hydroxylation sites is 1. The second-order valence-corrected chi connectivity index (χ2v) is 7.37. The molecule has 3 aromatic carbocycles. The van der Waals surface area contributed by atoms with Crippen LogP contribution >= 0.6 is 11.3 Å². The number of rotatable bonds is 3. The maximum Gasteiger partial charge on any atom is 0.222 e. The molecule has 28 heavy (non-hydrogen) atoms. The van der Waals surface area contributed by atoms with Crippen LogP contribution in [0.1, 0.15) is 0 Å². The standard InChI is InChI=1S/C24H16N2OS/c25-23-20(14-19-8-4-5-9-22(19)27-23)24-26-21(15-28-24)18-12-10-17(11-13-18)16-6-2-1-3-7-16/h1-15,25H. The van der Waals surface area contributed by atoms with Gasteiger partial charge in [-0.3, -0.25) is 5.41 Å². The fourth-order valence-corrected chi connectivity index (χ4v) is 4.07. The van der Waals surface area contributed by atoms with Crippen molar-refractivity contribution in [2.24, 2.45) is 0 Å². The maximum absolute atomic E-state index is 8.23. The predicted molar refractivity (Wildman–Crippen MR) is 114 cm³/mol. The summed E-state index contributed by atoms with van der Waals surface area (Å²) in [5.41, 5.74) is 5.92. The highest BCUT2D eigenvalue weighted by atomic mass is 32.1. The molecule has 134 valence electrons. The molecule has 0 atom stereocenters. The highest BCUT2D eigenvalue weighted by Crippen LogP contribution is 2.30. The summed E-state index contributed by atoms with van der Waals surface area (Å²) >= 11 is 1.53. The second-order valence-electron chi connectivity index (χ2n) is 6.51. The van der Waals surface area contributed by atoms with Crippen molar-refractivity contribution in [2.75, 3.05) is 0 Å². The molecule has 0 spiro atoms. The molecule has 0 saturated carbocycles. The monoisotopic (exact) mass is 380 g/mol. The Labute approximate surface area is 166 Å². The van der Waals surface area contributed by atoms with Crippen LogP contribution in [-0.2, 0) is 0 Å². The Morgan fingerprint density at radius 3 is 2.25 bits per heavy atom. The summed E-state index contributed by atoms with van der Waals surface area (Å²) in [5.74, 6) is 0. The lowest BCUT2D eigenvalue weighted by molar-refractivity contribution is 0.536. The average molecular weight is 380 g/mol. The molecular weight excluding hydrogens is 364 g/mol. The highest BCUT2D eigenvalue weighted by Gasteiger charge is 2.11. The summed E-state index contributed by atoms with van der Waals surface area (Å²) in [4.78, 5) is 4.76. The van der Waals surface area contributed by atoms with E-state index in [0.717, 1.165) is 27.2 Å². The molecule has 2 heterocycles. The van der Waals surface area contributed by atoms with Crippen molar-refractivity contribution in [1.29, 1.82) is 5.41 Å². The van der Waals surface area contributed by atoms with E-state index in [9.17, 15) is 0 Å². The summed E-state index contributed by atoms with van der Waals surface area (Å²) < 4.78 is 5.66. The first-order valence-electron chi connectivity index (χ1n) is 8.97. The van der Waals surface area contributed by atoms with Crippen LogP contribution in [0.25, 0.3) is 43.9 Å². The minimum atomic E-state index is 0.138. The molecule has 0 aliphatic carbocycles. The van der Waals surface area contributed by atoms with E-state index in [1.165, 1.54) is 22.5 Å². The van der Waals surface area contributed by atoms with Crippen LogP contribution < -0.4 is 5.55 Å². The number of nitrogens with zero attached hydrogens (tertiary/aromatic N) is 1. The number of aromatic nitrogens is 1. The summed E-state index contributed by atoms with van der Waals surface area (Å²) in [6.45, 7) is 0. The molecular formula is C24H16N2OS. The van der Waals surface area contributed by atoms with Gasteiger partial charge in [0.2, 0.25) is 5.55 Å². The quantitative estimate of drug-likeness (QED) is 0.395. The molecule has 5 aromatic rings. The van der Waals surface area contributed by atoms with Crippen LogP contribution in [-0.4, -0.2) is 4.98 Å². The molecule has 0 unspecified atom stereocenters. The summed E-state index contributed by atoms with van der Waals surface area (Å²) in [6, 6.07) is 28.4. The third-order valence-electron chi connectivity index (χ3n) is 4.70. The van der Waals surface area contributed by atoms with Crippen LogP contribution in [0.15, 0.2) is 94.7 Å². The Balaban J connectivity index is 1.50. The van der Waals surface area contributed by atoms with Gasteiger partial charge >= 0.3 is 0 Å². The van der Waals surface area contributed by atoms with Crippen LogP contribution in [0.3, 0.4) is 0 Å². The van der Waals surface area contributed by atoms with Gasteiger partial charge in [-0.05, 0) is 23.3 Å². The van der Waals surface area contributed by atoms with Gasteiger partial charge in [0.05, 0.1) is 11.3 Å². The Morgan fingerprint density at radius 2 is 1.43 bits per heavy atom. The topological polar surface area (TPSA) is 49.9 Å². The number of thiazole rings is 1. The normalized spacial score (nSPS) is 11.0. The van der Waals surface area contributed by atoms with Gasteiger partial charge in [-0.15, -0.1) is 11.3 Å². The van der Waals surface area contributed by atoms with Gasteiger partial charge in [-0.1, -0.05) is 72.8 Å². The average Bonchev–Trinajstić information content (AvgIpc) is 3.24. The third-order valence-corrected chi connectivity index (χ3v) is 5.57. The van der Waals surface area contributed by atoms with Crippen molar-refractivity contribution in [3.63, 3.8) is 0 Å². The molecule has 0 aliphatic rings. The van der Waals surface area contributed by atoms with Crippen LogP contribution in [0, 0.1) is 5.41 Å². The van der Waals surface area contributed by atoms with Gasteiger partial charge in [-0.2, -0.15) is 0 Å². The zero-order chi connectivity index (χ0) is 18.9. The maximum atomic E-state index is 8.23. The zero-order valence-electron chi connectivity index (χ0n) is 14.9. The van der Waals surface area contributed by atoms with Gasteiger partial charge < -0.3 is 4.42 Å². The summed E-state index contributed by atoms with van der Waals surface area (Å²) in [7, 11) is 0. The van der Waals surface area contributed by atoms with Crippen molar-refractivity contribution in [2.45, 2.75) is 0 Å². The Morgan fingerprint density at radius 1 is 0.750 bits per heavy atom. The summed E-state index contributed by atoms with van der Waals surface area (Å²) in [6.07, 6.45) is 0. The number of hydrogen-bond acceptors (Lipinski definition) is 4. The van der Waals surface area contributed by atoms with Gasteiger partial charge in [0.25, 0.3) is 0 Å². The van der Waals surface area contributed by atoms with Gasteiger partial charge in [0.1, 0.15) is 10.6 Å². The van der Waals surface area contributed by atoms with Crippen molar-refractivity contribution in [1.82, 2.24) is 4.98 Å². The third kappa shape index (κ3) is 3.04. The number of benzene rings is 3. The Bertz CT molecular complexity index is 1320. The first-order valence-corrected chi connectivity index (χ1v) is 9.85. The molecule has 2 aromatic heterocycles. The molecule has 0 saturated heterocycles. The molecule has 0 amide bonds. The number of nitrogens with one attached hydrogen (secondary N) is 1. The van der Waals surface area contributed by atoms with Crippen LogP contribution in [0.2, 0.25) is 0 Å². The highest BCUT2D eigenvalue weighted by molar-refractivity contribution is 7.13. The smallest absolute Gasteiger partial charge is 0.222 e. The predicted octanol–water partition coefficient (Wildman–Crippen LogP) is 6.37. The molecule has 5 rings (SSSR count). The van der Waals surface area contributed by atoms with E-state index in [4.69, 9.17) is 14.8 Å². The molecule has 3 nitrogen and oxygen atoms in total. The van der Waals surface area contributed by atoms with Gasteiger partial charge in [-0.25, -0.2) is 4.98 Å². The van der Waals surface area contributed by atoms with Crippen LogP contribution in [0.5, 0.6) is 0 Å². The molecule has 1 N–H and O–H groups in total. The van der Waals surface area contributed by atoms with E-state index in [0.29, 0.717) is 5.58 Å². The lowest BCUT2D eigenvalue weighted by Crippen LogP contribution is -2.02. The van der Waals surface area contributed by atoms with E-state index >= 15 is 0 Å². The van der Waals surface area contributed by atoms with E-state index in [1.54, 1.807) is 0 Å². The van der Waals surface area contributed by atoms with Crippen molar-refractivity contribution in [3.8, 4) is 33.0 Å². The lowest BCUT2D eigenvalue weighted by atomic mass is 10.0. The first kappa shape index (κ1) is 16.7. The Kier molecular flexibility index (Phi) is 4.11. The zero-order valence-corrected chi connectivity index (χ0v) is 15.7. The largest absolute Gasteiger partial charge is 0.438 e. The number of hydrogen-bond donors (Lipinski definition) is 1. The van der Waals surface area contributed by atoms with Crippen molar-refractivity contribution < 1.29 is 4.42 Å². The molecule has 0 aliphatic heterocycles. The lowest BCUT2D eigenvalue weighted by Gasteiger charge is -2.03. The van der Waals surface area contributed by atoms with Crippen LogP contribution in [0.4, 0.5) is 0 Å². The minimum absolute atomic E-state index is 0.138. The first-order chi connectivity index (χ1) is 13.8. The number of fused-ring (bicyclic) bond motifs is 1. The van der Waals surface area contributed by atoms with Crippen molar-refractivity contribution in [3.05, 3.63) is 95.9 Å². The van der Waals surface area contributed by atoms with Gasteiger partial charge in [0, 0.05) is 16.3 Å². The Hall–Kier alpha value is -3.50. The molecule has 0 radical (unpaired) electrons. The van der Waals surface area contributed by atoms with E-state index < -0.39 is 0 Å². The van der Waals surface area contributed by atoms with Gasteiger partial charge in [0.15, 0.2) is 0 Å². The fraction of sp³-hybridized carbons (Fsp3) is 0. The minimum Gasteiger partial charge on any atom is -0.438 e. The molecule has 4 heteroatoms. The summed E-state index contributed by atoms with van der Waals surface area (Å²) in [5, 5.41) is 12.0. The van der Waals surface area contributed by atoms with E-state index in [2.05, 4.69) is 36.4 Å². The van der Waals surface area contributed by atoms with E-state index in [-0.39, 0.29) is 5.55 Å².